The number of para-hydroxylation sites is 1. The van der Waals surface area contributed by atoms with Crippen LogP contribution in [0.5, 0.6) is 5.75 Å². The van der Waals surface area contributed by atoms with Crippen molar-refractivity contribution in [3.8, 4) is 5.75 Å². The lowest BCUT2D eigenvalue weighted by atomic mass is 10.1. The van der Waals surface area contributed by atoms with E-state index in [2.05, 4.69) is 34.3 Å². The van der Waals surface area contributed by atoms with Gasteiger partial charge in [-0.15, -0.1) is 0 Å². The quantitative estimate of drug-likeness (QED) is 0.519. The predicted molar refractivity (Wildman–Crippen MR) is 131 cm³/mol. The molecule has 1 aliphatic carbocycles. The Morgan fingerprint density at radius 3 is 2.68 bits per heavy atom. The normalized spacial score (nSPS) is 14.0. The molecule has 0 aliphatic heterocycles. The second-order valence-electron chi connectivity index (χ2n) is 8.08. The lowest BCUT2D eigenvalue weighted by molar-refractivity contribution is 0.311. The van der Waals surface area contributed by atoms with Gasteiger partial charge < -0.3 is 19.9 Å². The number of thiocarbonyl (C=S) groups is 1. The molecular formula is C25H29N3O2S. The maximum Gasteiger partial charge on any atom is 0.253 e. The Morgan fingerprint density at radius 2 is 1.94 bits per heavy atom. The third kappa shape index (κ3) is 4.74. The molecule has 2 N–H and O–H groups in total. The molecule has 0 radical (unpaired) electrons. The fraction of sp³-hybridized carbons (Fsp3) is 0.360. The average Bonchev–Trinajstić information content (AvgIpc) is 3.32. The zero-order valence-corrected chi connectivity index (χ0v) is 18.9. The minimum atomic E-state index is -0.0829. The summed E-state index contributed by atoms with van der Waals surface area (Å²) in [4.78, 5) is 18.1. The van der Waals surface area contributed by atoms with Crippen LogP contribution in [-0.4, -0.2) is 28.1 Å². The molecule has 6 heteroatoms. The Hall–Kier alpha value is -2.86. The number of hydrogen-bond donors (Lipinski definition) is 2. The fourth-order valence-electron chi connectivity index (χ4n) is 4.37. The summed E-state index contributed by atoms with van der Waals surface area (Å²) in [6.07, 6.45) is 5.52. The summed E-state index contributed by atoms with van der Waals surface area (Å²) in [5, 5.41) is 5.12. The number of aromatic nitrogens is 1. The molecule has 162 valence electrons. The number of aromatic amines is 1. The van der Waals surface area contributed by atoms with Gasteiger partial charge in [0.05, 0.1) is 19.2 Å². The van der Waals surface area contributed by atoms with Crippen molar-refractivity contribution >= 4 is 33.9 Å². The highest BCUT2D eigenvalue weighted by Crippen LogP contribution is 2.27. The van der Waals surface area contributed by atoms with E-state index in [1.807, 2.05) is 36.4 Å². The highest BCUT2D eigenvalue weighted by atomic mass is 32.1. The van der Waals surface area contributed by atoms with Crippen LogP contribution in [0.2, 0.25) is 0 Å². The Balaban J connectivity index is 1.63. The molecule has 1 aromatic heterocycles. The molecular weight excluding hydrogens is 406 g/mol. The van der Waals surface area contributed by atoms with E-state index in [0.717, 1.165) is 47.2 Å². The van der Waals surface area contributed by atoms with Gasteiger partial charge in [-0.1, -0.05) is 38.0 Å². The number of anilines is 1. The molecule has 4 rings (SSSR count). The molecule has 5 nitrogen and oxygen atoms in total. The summed E-state index contributed by atoms with van der Waals surface area (Å²) in [5.74, 6) is 0.725. The minimum Gasteiger partial charge on any atom is -0.497 e. The lowest BCUT2D eigenvalue weighted by Gasteiger charge is -2.32. The van der Waals surface area contributed by atoms with Crippen molar-refractivity contribution < 1.29 is 4.74 Å². The van der Waals surface area contributed by atoms with Crippen LogP contribution in [0, 0.1) is 0 Å². The summed E-state index contributed by atoms with van der Waals surface area (Å²) in [6.45, 7) is 2.63. The first-order valence-corrected chi connectivity index (χ1v) is 11.4. The summed E-state index contributed by atoms with van der Waals surface area (Å²) < 4.78 is 5.28. The van der Waals surface area contributed by atoms with E-state index >= 15 is 0 Å². The third-order valence-electron chi connectivity index (χ3n) is 6.14. The van der Waals surface area contributed by atoms with Crippen molar-refractivity contribution in [2.24, 2.45) is 0 Å². The minimum absolute atomic E-state index is 0.0829. The van der Waals surface area contributed by atoms with Gasteiger partial charge in [-0.3, -0.25) is 4.79 Å². The molecule has 0 atom stereocenters. The molecule has 0 saturated heterocycles. The van der Waals surface area contributed by atoms with Crippen molar-refractivity contribution in [1.29, 1.82) is 0 Å². The Labute approximate surface area is 188 Å². The van der Waals surface area contributed by atoms with Crippen LogP contribution in [0.15, 0.2) is 53.3 Å². The number of H-pyrrole nitrogens is 1. The van der Waals surface area contributed by atoms with E-state index in [1.165, 1.54) is 18.4 Å². The average molecular weight is 436 g/mol. The molecule has 0 spiro atoms. The van der Waals surface area contributed by atoms with E-state index < -0.39 is 0 Å². The molecule has 0 unspecified atom stereocenters. The number of nitrogens with one attached hydrogen (secondary N) is 2. The number of methoxy groups -OCH3 is 1. The molecule has 1 fully saturated rings. The number of hydrogen-bond acceptors (Lipinski definition) is 3. The topological polar surface area (TPSA) is 57.4 Å². The van der Waals surface area contributed by atoms with Gasteiger partial charge in [0.2, 0.25) is 0 Å². The van der Waals surface area contributed by atoms with E-state index in [-0.39, 0.29) is 5.56 Å². The van der Waals surface area contributed by atoms with Gasteiger partial charge in [0.15, 0.2) is 5.11 Å². The first-order chi connectivity index (χ1) is 15.1. The third-order valence-corrected chi connectivity index (χ3v) is 6.47. The summed E-state index contributed by atoms with van der Waals surface area (Å²) in [7, 11) is 1.62. The van der Waals surface area contributed by atoms with E-state index in [0.29, 0.717) is 17.7 Å². The van der Waals surface area contributed by atoms with Gasteiger partial charge in [-0.25, -0.2) is 0 Å². The van der Waals surface area contributed by atoms with Gasteiger partial charge in [0.25, 0.3) is 5.56 Å². The zero-order chi connectivity index (χ0) is 21.8. The van der Waals surface area contributed by atoms with Gasteiger partial charge in [0.1, 0.15) is 5.75 Å². The van der Waals surface area contributed by atoms with Crippen LogP contribution < -0.4 is 15.6 Å². The maximum atomic E-state index is 12.9. The van der Waals surface area contributed by atoms with Crippen molar-refractivity contribution in [3.05, 3.63) is 70.0 Å². The first kappa shape index (κ1) is 21.4. The fourth-order valence-corrected chi connectivity index (χ4v) is 4.70. The number of benzene rings is 2. The lowest BCUT2D eigenvalue weighted by Crippen LogP contribution is -2.42. The molecule has 2 aromatic carbocycles. The zero-order valence-electron chi connectivity index (χ0n) is 18.1. The van der Waals surface area contributed by atoms with Crippen LogP contribution in [0.25, 0.3) is 10.9 Å². The Kier molecular flexibility index (Phi) is 6.56. The smallest absolute Gasteiger partial charge is 0.253 e. The molecule has 1 aliphatic rings. The molecule has 3 aromatic rings. The number of pyridine rings is 1. The molecule has 1 heterocycles. The van der Waals surface area contributed by atoms with Crippen LogP contribution in [0.4, 0.5) is 5.69 Å². The SMILES string of the molecule is CCc1ccccc1NC(=S)N(Cc1cc2ccc(OC)cc2[nH]c1=O)C1CCCC1. The van der Waals surface area contributed by atoms with E-state index in [9.17, 15) is 4.79 Å². The molecule has 0 amide bonds. The number of rotatable bonds is 6. The second-order valence-corrected chi connectivity index (χ2v) is 8.47. The number of ether oxygens (including phenoxy) is 1. The van der Waals surface area contributed by atoms with Crippen molar-refractivity contribution in [3.63, 3.8) is 0 Å². The van der Waals surface area contributed by atoms with Gasteiger partial charge in [-0.2, -0.15) is 0 Å². The van der Waals surface area contributed by atoms with Gasteiger partial charge in [-0.05, 0) is 66.7 Å². The van der Waals surface area contributed by atoms with Crippen LogP contribution in [0.1, 0.15) is 43.7 Å². The molecule has 31 heavy (non-hydrogen) atoms. The number of fused-ring (bicyclic) bond motifs is 1. The maximum absolute atomic E-state index is 12.9. The number of aryl methyl sites for hydroxylation is 1. The van der Waals surface area contributed by atoms with Gasteiger partial charge in [0, 0.05) is 23.4 Å². The monoisotopic (exact) mass is 435 g/mol. The van der Waals surface area contributed by atoms with Crippen LogP contribution in [0.3, 0.4) is 0 Å². The highest BCUT2D eigenvalue weighted by molar-refractivity contribution is 7.80. The summed E-state index contributed by atoms with van der Waals surface area (Å²) in [6, 6.07) is 16.3. The Morgan fingerprint density at radius 1 is 1.16 bits per heavy atom. The largest absolute Gasteiger partial charge is 0.497 e. The van der Waals surface area contributed by atoms with E-state index in [4.69, 9.17) is 17.0 Å². The van der Waals surface area contributed by atoms with Gasteiger partial charge >= 0.3 is 0 Å². The highest BCUT2D eigenvalue weighted by Gasteiger charge is 2.26. The molecule has 0 bridgehead atoms. The summed E-state index contributed by atoms with van der Waals surface area (Å²) >= 11 is 5.86. The van der Waals surface area contributed by atoms with Crippen LogP contribution in [-0.2, 0) is 13.0 Å². The van der Waals surface area contributed by atoms with Crippen molar-refractivity contribution in [1.82, 2.24) is 9.88 Å². The first-order valence-electron chi connectivity index (χ1n) is 10.9. The van der Waals surface area contributed by atoms with Crippen LogP contribution >= 0.6 is 12.2 Å². The van der Waals surface area contributed by atoms with Crippen molar-refractivity contribution in [2.75, 3.05) is 12.4 Å². The number of nitrogens with zero attached hydrogens (tertiary/aromatic N) is 1. The van der Waals surface area contributed by atoms with E-state index in [1.54, 1.807) is 7.11 Å². The molecule has 1 saturated carbocycles. The summed E-state index contributed by atoms with van der Waals surface area (Å²) in [5.41, 5.74) is 3.68. The Bertz CT molecular complexity index is 1140. The standard InChI is InChI=1S/C25H29N3O2S/c1-3-17-8-4-7-11-22(17)27-25(31)28(20-9-5-6-10-20)16-19-14-18-12-13-21(30-2)15-23(18)26-24(19)29/h4,7-8,11-15,20H,3,5-6,9-10,16H2,1-2H3,(H,26,29)(H,27,31). The second kappa shape index (κ2) is 9.52. The predicted octanol–water partition coefficient (Wildman–Crippen LogP) is 5.24. The van der Waals surface area contributed by atoms with Crippen molar-refractivity contribution in [2.45, 2.75) is 51.6 Å².